The quantitative estimate of drug-likeness (QED) is 0.766. The zero-order valence-corrected chi connectivity index (χ0v) is 16.5. The molecule has 27 heavy (non-hydrogen) atoms. The fourth-order valence-electron chi connectivity index (χ4n) is 3.37. The number of carbonyl (C=O) groups excluding carboxylic acids is 1. The second kappa shape index (κ2) is 9.77. The van der Waals surface area contributed by atoms with Crippen molar-refractivity contribution in [3.05, 3.63) is 64.7 Å². The fourth-order valence-corrected chi connectivity index (χ4v) is 3.55. The minimum atomic E-state index is -0.585. The maximum atomic E-state index is 12.4. The van der Waals surface area contributed by atoms with Crippen molar-refractivity contribution in [2.24, 2.45) is 0 Å². The molecule has 1 N–H and O–H groups in total. The summed E-state index contributed by atoms with van der Waals surface area (Å²) in [6, 6.07) is 15.4. The predicted octanol–water partition coefficient (Wildman–Crippen LogP) is 4.41. The zero-order chi connectivity index (χ0) is 19.1. The van der Waals surface area contributed by atoms with Gasteiger partial charge in [-0.05, 0) is 62.2 Å². The van der Waals surface area contributed by atoms with E-state index in [9.17, 15) is 4.79 Å². The highest BCUT2D eigenvalue weighted by molar-refractivity contribution is 6.30. The Labute approximate surface area is 166 Å². The van der Waals surface area contributed by atoms with Crippen LogP contribution in [0, 0.1) is 0 Å². The normalized spacial score (nSPS) is 15.9. The van der Waals surface area contributed by atoms with E-state index in [-0.39, 0.29) is 5.91 Å². The zero-order valence-electron chi connectivity index (χ0n) is 15.8. The first-order valence-electron chi connectivity index (χ1n) is 9.61. The third-order valence-corrected chi connectivity index (χ3v) is 5.13. The number of rotatable bonds is 7. The number of carbonyl (C=O) groups is 1. The Morgan fingerprint density at radius 1 is 1.11 bits per heavy atom. The van der Waals surface area contributed by atoms with Gasteiger partial charge in [-0.15, -0.1) is 0 Å². The van der Waals surface area contributed by atoms with Gasteiger partial charge in [0.25, 0.3) is 5.91 Å². The fraction of sp³-hybridized carbons (Fsp3) is 0.409. The van der Waals surface area contributed by atoms with Crippen molar-refractivity contribution in [1.29, 1.82) is 0 Å². The van der Waals surface area contributed by atoms with Crippen LogP contribution in [0.1, 0.15) is 37.3 Å². The van der Waals surface area contributed by atoms with Gasteiger partial charge in [-0.25, -0.2) is 0 Å². The van der Waals surface area contributed by atoms with E-state index in [2.05, 4.69) is 28.4 Å². The van der Waals surface area contributed by atoms with E-state index in [1.54, 1.807) is 31.2 Å². The molecule has 3 rings (SSSR count). The lowest BCUT2D eigenvalue weighted by Crippen LogP contribution is -2.36. The Kier molecular flexibility index (Phi) is 7.13. The van der Waals surface area contributed by atoms with Gasteiger partial charge in [0.05, 0.1) is 0 Å². The number of hydrogen-bond acceptors (Lipinski definition) is 3. The van der Waals surface area contributed by atoms with Crippen molar-refractivity contribution >= 4 is 17.5 Å². The molecule has 5 heteroatoms. The van der Waals surface area contributed by atoms with Crippen LogP contribution >= 0.6 is 11.6 Å². The summed E-state index contributed by atoms with van der Waals surface area (Å²) < 4.78 is 5.69. The molecular weight excluding hydrogens is 360 g/mol. The molecule has 2 aromatic rings. The van der Waals surface area contributed by atoms with E-state index in [0.29, 0.717) is 17.3 Å². The third-order valence-electron chi connectivity index (χ3n) is 4.89. The molecule has 1 amide bonds. The van der Waals surface area contributed by atoms with E-state index in [1.165, 1.54) is 24.8 Å². The molecule has 0 spiro atoms. The predicted molar refractivity (Wildman–Crippen MR) is 109 cm³/mol. The molecule has 1 aliphatic rings. The first-order valence-corrected chi connectivity index (χ1v) is 9.98. The molecule has 0 radical (unpaired) electrons. The summed E-state index contributed by atoms with van der Waals surface area (Å²) in [5.74, 6) is 0.457. The number of hydrogen-bond donors (Lipinski definition) is 1. The van der Waals surface area contributed by atoms with Crippen LogP contribution in [0.15, 0.2) is 48.5 Å². The maximum Gasteiger partial charge on any atom is 0.261 e. The molecule has 1 heterocycles. The van der Waals surface area contributed by atoms with Gasteiger partial charge in [0.1, 0.15) is 5.75 Å². The van der Waals surface area contributed by atoms with Gasteiger partial charge in [-0.1, -0.05) is 48.4 Å². The lowest BCUT2D eigenvalue weighted by atomic mass is 10.0. The van der Waals surface area contributed by atoms with Crippen LogP contribution in [-0.2, 0) is 17.9 Å². The van der Waals surface area contributed by atoms with Crippen molar-refractivity contribution in [2.75, 3.05) is 13.1 Å². The number of nitrogens with one attached hydrogen (secondary N) is 1. The molecule has 2 aromatic carbocycles. The molecule has 1 atom stereocenters. The van der Waals surface area contributed by atoms with Crippen LogP contribution in [0.2, 0.25) is 5.02 Å². The summed E-state index contributed by atoms with van der Waals surface area (Å²) in [6.45, 7) is 5.51. The Balaban J connectivity index is 1.55. The average molecular weight is 387 g/mol. The van der Waals surface area contributed by atoms with Crippen molar-refractivity contribution in [1.82, 2.24) is 10.2 Å². The Morgan fingerprint density at radius 3 is 2.59 bits per heavy atom. The largest absolute Gasteiger partial charge is 0.481 e. The van der Waals surface area contributed by atoms with Crippen molar-refractivity contribution in [3.8, 4) is 5.75 Å². The summed E-state index contributed by atoms with van der Waals surface area (Å²) in [4.78, 5) is 14.9. The molecule has 0 aliphatic carbocycles. The third kappa shape index (κ3) is 5.98. The summed E-state index contributed by atoms with van der Waals surface area (Å²) in [7, 11) is 0. The maximum absolute atomic E-state index is 12.4. The van der Waals surface area contributed by atoms with E-state index >= 15 is 0 Å². The molecule has 1 unspecified atom stereocenters. The van der Waals surface area contributed by atoms with Crippen LogP contribution in [0.3, 0.4) is 0 Å². The standard InChI is InChI=1S/C22H27ClN2O2/c1-17(27-21-11-7-10-20(23)14-21)22(26)24-15-18-8-3-4-9-19(18)16-25-12-5-2-6-13-25/h3-4,7-11,14,17H,2,5-6,12-13,15-16H2,1H3,(H,24,26). The number of nitrogens with zero attached hydrogens (tertiary/aromatic N) is 1. The summed E-state index contributed by atoms with van der Waals surface area (Å²) in [6.07, 6.45) is 3.30. The van der Waals surface area contributed by atoms with Gasteiger partial charge in [0.15, 0.2) is 6.10 Å². The molecule has 144 valence electrons. The molecular formula is C22H27ClN2O2. The number of likely N-dealkylation sites (tertiary alicyclic amines) is 1. The lowest BCUT2D eigenvalue weighted by Gasteiger charge is -2.27. The minimum absolute atomic E-state index is 0.136. The first-order chi connectivity index (χ1) is 13.1. The molecule has 0 bridgehead atoms. The lowest BCUT2D eigenvalue weighted by molar-refractivity contribution is -0.127. The highest BCUT2D eigenvalue weighted by Crippen LogP contribution is 2.19. The smallest absolute Gasteiger partial charge is 0.261 e. The SMILES string of the molecule is CC(Oc1cccc(Cl)c1)C(=O)NCc1ccccc1CN1CCCCC1. The molecule has 1 fully saturated rings. The number of amides is 1. The van der Waals surface area contributed by atoms with Gasteiger partial charge in [-0.2, -0.15) is 0 Å². The Bertz CT molecular complexity index is 759. The topological polar surface area (TPSA) is 41.6 Å². The molecule has 0 aromatic heterocycles. The van der Waals surface area contributed by atoms with Gasteiger partial charge in [-0.3, -0.25) is 9.69 Å². The van der Waals surface area contributed by atoms with Gasteiger partial charge < -0.3 is 10.1 Å². The highest BCUT2D eigenvalue weighted by Gasteiger charge is 2.16. The number of benzene rings is 2. The second-order valence-electron chi connectivity index (χ2n) is 7.04. The molecule has 1 aliphatic heterocycles. The Morgan fingerprint density at radius 2 is 1.85 bits per heavy atom. The molecule has 0 saturated carbocycles. The number of halogens is 1. The van der Waals surface area contributed by atoms with Gasteiger partial charge >= 0.3 is 0 Å². The van der Waals surface area contributed by atoms with E-state index in [0.717, 1.165) is 25.2 Å². The number of piperidine rings is 1. The molecule has 4 nitrogen and oxygen atoms in total. The summed E-state index contributed by atoms with van der Waals surface area (Å²) in [5, 5.41) is 3.59. The monoisotopic (exact) mass is 386 g/mol. The van der Waals surface area contributed by atoms with E-state index < -0.39 is 6.10 Å². The van der Waals surface area contributed by atoms with Crippen LogP contribution in [0.5, 0.6) is 5.75 Å². The van der Waals surface area contributed by atoms with Crippen molar-refractivity contribution < 1.29 is 9.53 Å². The number of ether oxygens (including phenoxy) is 1. The second-order valence-corrected chi connectivity index (χ2v) is 7.48. The van der Waals surface area contributed by atoms with E-state index in [4.69, 9.17) is 16.3 Å². The van der Waals surface area contributed by atoms with Gasteiger partial charge in [0, 0.05) is 18.1 Å². The average Bonchev–Trinajstić information content (AvgIpc) is 2.68. The van der Waals surface area contributed by atoms with Crippen LogP contribution < -0.4 is 10.1 Å². The van der Waals surface area contributed by atoms with E-state index in [1.807, 2.05) is 6.07 Å². The van der Waals surface area contributed by atoms with Crippen molar-refractivity contribution in [2.45, 2.75) is 45.4 Å². The summed E-state index contributed by atoms with van der Waals surface area (Å²) in [5.41, 5.74) is 2.44. The summed E-state index contributed by atoms with van der Waals surface area (Å²) >= 11 is 5.96. The van der Waals surface area contributed by atoms with Crippen molar-refractivity contribution in [3.63, 3.8) is 0 Å². The van der Waals surface area contributed by atoms with Crippen LogP contribution in [-0.4, -0.2) is 30.0 Å². The minimum Gasteiger partial charge on any atom is -0.481 e. The van der Waals surface area contributed by atoms with Gasteiger partial charge in [0.2, 0.25) is 0 Å². The highest BCUT2D eigenvalue weighted by atomic mass is 35.5. The first kappa shape index (κ1) is 19.7. The Hall–Kier alpha value is -2.04. The van der Waals surface area contributed by atoms with Crippen LogP contribution in [0.4, 0.5) is 0 Å². The van der Waals surface area contributed by atoms with Crippen LogP contribution in [0.25, 0.3) is 0 Å². The molecule has 1 saturated heterocycles.